The predicted molar refractivity (Wildman–Crippen MR) is 73.1 cm³/mol. The molecule has 0 bridgehead atoms. The third-order valence-corrected chi connectivity index (χ3v) is 2.95. The number of nitrogens with zero attached hydrogens (tertiary/aromatic N) is 1. The fourth-order valence-corrected chi connectivity index (χ4v) is 1.92. The first-order chi connectivity index (χ1) is 8.31. The highest BCUT2D eigenvalue weighted by Crippen LogP contribution is 2.20. The molecule has 1 atom stereocenters. The van der Waals surface area contributed by atoms with Gasteiger partial charge in [0.15, 0.2) is 0 Å². The average Bonchev–Trinajstić information content (AvgIpc) is 2.36. The molecule has 2 rings (SSSR count). The van der Waals surface area contributed by atoms with Crippen molar-refractivity contribution in [3.8, 4) is 0 Å². The lowest BCUT2D eigenvalue weighted by molar-refractivity contribution is 0.568. The summed E-state index contributed by atoms with van der Waals surface area (Å²) in [6.07, 6.45) is 2.88. The number of nitrogens with two attached hydrogens (primary N) is 1. The summed E-state index contributed by atoms with van der Waals surface area (Å²) in [5.74, 6) is 1.53. The van der Waals surface area contributed by atoms with Crippen LogP contribution in [-0.2, 0) is 0 Å². The van der Waals surface area contributed by atoms with Crippen LogP contribution in [0, 0.1) is 5.92 Å². The molecule has 2 aromatic rings. The number of nitrogens with one attached hydrogen (secondary N) is 1. The molecule has 17 heavy (non-hydrogen) atoms. The molecule has 3 heteroatoms. The molecule has 0 fully saturated rings. The zero-order chi connectivity index (χ0) is 12.1. The third-order valence-electron chi connectivity index (χ3n) is 2.95. The molecule has 1 heterocycles. The Balaban J connectivity index is 2.13. The molecule has 0 spiro atoms. The first-order valence-corrected chi connectivity index (χ1v) is 6.09. The number of hydrogen-bond donors (Lipinski definition) is 2. The van der Waals surface area contributed by atoms with Crippen LogP contribution >= 0.6 is 0 Å². The third kappa shape index (κ3) is 2.94. The molecule has 0 amide bonds. The zero-order valence-corrected chi connectivity index (χ0v) is 10.2. The Morgan fingerprint density at radius 3 is 2.94 bits per heavy atom. The van der Waals surface area contributed by atoms with E-state index in [1.807, 2.05) is 24.4 Å². The lowest BCUT2D eigenvalue weighted by Gasteiger charge is -2.13. The first-order valence-electron chi connectivity index (χ1n) is 6.09. The van der Waals surface area contributed by atoms with Gasteiger partial charge in [0, 0.05) is 18.1 Å². The summed E-state index contributed by atoms with van der Waals surface area (Å²) in [5.41, 5.74) is 5.55. The van der Waals surface area contributed by atoms with Crippen LogP contribution in [0.1, 0.15) is 13.3 Å². The van der Waals surface area contributed by atoms with Gasteiger partial charge < -0.3 is 11.1 Å². The van der Waals surface area contributed by atoms with Crippen LogP contribution in [0.5, 0.6) is 0 Å². The molecule has 0 aliphatic heterocycles. The van der Waals surface area contributed by atoms with Crippen molar-refractivity contribution in [2.45, 2.75) is 13.3 Å². The van der Waals surface area contributed by atoms with Gasteiger partial charge in [-0.15, -0.1) is 0 Å². The molecule has 1 aromatic carbocycles. The summed E-state index contributed by atoms with van der Waals surface area (Å²) in [4.78, 5) is 4.40. The smallest absolute Gasteiger partial charge is 0.133 e. The Hall–Kier alpha value is -1.61. The highest BCUT2D eigenvalue weighted by molar-refractivity contribution is 5.91. The number of hydrogen-bond acceptors (Lipinski definition) is 3. The largest absolute Gasteiger partial charge is 0.369 e. The van der Waals surface area contributed by atoms with E-state index in [1.54, 1.807) is 0 Å². The second-order valence-electron chi connectivity index (χ2n) is 4.44. The number of benzene rings is 1. The topological polar surface area (TPSA) is 50.9 Å². The number of fused-ring (bicyclic) bond motifs is 1. The van der Waals surface area contributed by atoms with Gasteiger partial charge in [0.1, 0.15) is 5.82 Å². The molecule has 0 aliphatic rings. The monoisotopic (exact) mass is 229 g/mol. The molecular weight excluding hydrogens is 210 g/mol. The van der Waals surface area contributed by atoms with E-state index in [-0.39, 0.29) is 0 Å². The van der Waals surface area contributed by atoms with E-state index >= 15 is 0 Å². The van der Waals surface area contributed by atoms with E-state index < -0.39 is 0 Å². The lowest BCUT2D eigenvalue weighted by atomic mass is 10.1. The Bertz CT molecular complexity index is 476. The van der Waals surface area contributed by atoms with Crippen molar-refractivity contribution in [1.29, 1.82) is 0 Å². The second kappa shape index (κ2) is 5.64. The van der Waals surface area contributed by atoms with E-state index in [1.165, 1.54) is 10.8 Å². The minimum Gasteiger partial charge on any atom is -0.369 e. The van der Waals surface area contributed by atoms with Crippen molar-refractivity contribution >= 4 is 16.6 Å². The fourth-order valence-electron chi connectivity index (χ4n) is 1.92. The van der Waals surface area contributed by atoms with Crippen LogP contribution < -0.4 is 11.1 Å². The maximum atomic E-state index is 5.55. The quantitative estimate of drug-likeness (QED) is 0.828. The predicted octanol–water partition coefficient (Wildman–Crippen LogP) is 2.63. The van der Waals surface area contributed by atoms with Gasteiger partial charge in [-0.25, -0.2) is 4.98 Å². The van der Waals surface area contributed by atoms with Gasteiger partial charge in [0.25, 0.3) is 0 Å². The van der Waals surface area contributed by atoms with Gasteiger partial charge >= 0.3 is 0 Å². The van der Waals surface area contributed by atoms with Gasteiger partial charge in [0.05, 0.1) is 0 Å². The summed E-state index contributed by atoms with van der Waals surface area (Å²) in [6.45, 7) is 3.86. The molecule has 0 aliphatic carbocycles. The summed E-state index contributed by atoms with van der Waals surface area (Å²) in [7, 11) is 0. The Kier molecular flexibility index (Phi) is 3.94. The van der Waals surface area contributed by atoms with Crippen molar-refractivity contribution in [2.24, 2.45) is 11.7 Å². The van der Waals surface area contributed by atoms with E-state index in [0.717, 1.165) is 25.3 Å². The molecule has 90 valence electrons. The van der Waals surface area contributed by atoms with E-state index in [4.69, 9.17) is 5.73 Å². The first kappa shape index (κ1) is 11.9. The van der Waals surface area contributed by atoms with Gasteiger partial charge in [-0.3, -0.25) is 0 Å². The van der Waals surface area contributed by atoms with Crippen molar-refractivity contribution in [3.05, 3.63) is 36.5 Å². The Morgan fingerprint density at radius 1 is 1.29 bits per heavy atom. The molecule has 1 unspecified atom stereocenters. The summed E-state index contributed by atoms with van der Waals surface area (Å²) in [5, 5.41) is 5.80. The van der Waals surface area contributed by atoms with Crippen LogP contribution in [0.25, 0.3) is 10.8 Å². The van der Waals surface area contributed by atoms with Crippen molar-refractivity contribution in [2.75, 3.05) is 18.4 Å². The van der Waals surface area contributed by atoms with Crippen molar-refractivity contribution in [1.82, 2.24) is 4.98 Å². The molecule has 0 saturated carbocycles. The molecule has 0 saturated heterocycles. The van der Waals surface area contributed by atoms with E-state index in [9.17, 15) is 0 Å². The van der Waals surface area contributed by atoms with Crippen LogP contribution in [0.4, 0.5) is 5.82 Å². The van der Waals surface area contributed by atoms with Crippen LogP contribution in [0.3, 0.4) is 0 Å². The van der Waals surface area contributed by atoms with E-state index in [0.29, 0.717) is 5.92 Å². The maximum Gasteiger partial charge on any atom is 0.133 e. The minimum atomic E-state index is 0.570. The number of rotatable bonds is 5. The fraction of sp³-hybridized carbons (Fsp3) is 0.357. The molecule has 1 aromatic heterocycles. The summed E-state index contributed by atoms with van der Waals surface area (Å²) < 4.78 is 0. The van der Waals surface area contributed by atoms with Gasteiger partial charge in [-0.05, 0) is 30.3 Å². The molecule has 0 radical (unpaired) electrons. The number of anilines is 1. The van der Waals surface area contributed by atoms with Gasteiger partial charge in [-0.2, -0.15) is 0 Å². The number of aromatic nitrogens is 1. The normalized spacial score (nSPS) is 12.6. The lowest BCUT2D eigenvalue weighted by Crippen LogP contribution is -2.15. The standard InChI is InChI=1S/C14H19N3/c1-11(6-8-15)10-17-14-13-5-3-2-4-12(13)7-9-16-14/h2-5,7,9,11H,6,8,10,15H2,1H3,(H,16,17). The van der Waals surface area contributed by atoms with Crippen molar-refractivity contribution < 1.29 is 0 Å². The SMILES string of the molecule is CC(CCN)CNc1nccc2ccccc12. The Morgan fingerprint density at radius 2 is 2.12 bits per heavy atom. The maximum absolute atomic E-state index is 5.55. The summed E-state index contributed by atoms with van der Waals surface area (Å²) >= 11 is 0. The van der Waals surface area contributed by atoms with Crippen LogP contribution in [-0.4, -0.2) is 18.1 Å². The minimum absolute atomic E-state index is 0.570. The zero-order valence-electron chi connectivity index (χ0n) is 10.2. The van der Waals surface area contributed by atoms with Gasteiger partial charge in [0.2, 0.25) is 0 Å². The van der Waals surface area contributed by atoms with E-state index in [2.05, 4.69) is 29.4 Å². The number of pyridine rings is 1. The average molecular weight is 229 g/mol. The highest BCUT2D eigenvalue weighted by Gasteiger charge is 2.04. The molecular formula is C14H19N3. The summed E-state index contributed by atoms with van der Waals surface area (Å²) in [6, 6.07) is 10.3. The molecule has 3 N–H and O–H groups in total. The van der Waals surface area contributed by atoms with Gasteiger partial charge in [-0.1, -0.05) is 31.2 Å². The van der Waals surface area contributed by atoms with Crippen LogP contribution in [0.2, 0.25) is 0 Å². The Labute approximate surface area is 102 Å². The molecule has 3 nitrogen and oxygen atoms in total. The van der Waals surface area contributed by atoms with Crippen LogP contribution in [0.15, 0.2) is 36.5 Å². The van der Waals surface area contributed by atoms with Crippen molar-refractivity contribution in [3.63, 3.8) is 0 Å². The highest BCUT2D eigenvalue weighted by atomic mass is 15.0. The second-order valence-corrected chi connectivity index (χ2v) is 4.44.